The van der Waals surface area contributed by atoms with Crippen LogP contribution in [-0.4, -0.2) is 30.2 Å². The molecular formula is C28H31N3O3S. The number of hydrogen-bond acceptors (Lipinski definition) is 6. The second-order valence-electron chi connectivity index (χ2n) is 8.48. The minimum absolute atomic E-state index is 0.165. The fraction of sp³-hybridized carbons (Fsp3) is 0.321. The van der Waals surface area contributed by atoms with Gasteiger partial charge in [0.1, 0.15) is 0 Å². The second kappa shape index (κ2) is 10.4. The summed E-state index contributed by atoms with van der Waals surface area (Å²) >= 11 is 1.34. The Morgan fingerprint density at radius 2 is 1.71 bits per heavy atom. The molecule has 2 heterocycles. The highest BCUT2D eigenvalue weighted by atomic mass is 32.1. The molecule has 0 fully saturated rings. The van der Waals surface area contributed by atoms with Crippen molar-refractivity contribution in [3.8, 4) is 0 Å². The Morgan fingerprint density at radius 1 is 1.06 bits per heavy atom. The lowest BCUT2D eigenvalue weighted by Gasteiger charge is -2.24. The third-order valence-corrected chi connectivity index (χ3v) is 7.21. The highest BCUT2D eigenvalue weighted by Crippen LogP contribution is 2.30. The molecule has 1 aliphatic rings. The van der Waals surface area contributed by atoms with E-state index in [0.29, 0.717) is 20.6 Å². The molecule has 1 unspecified atom stereocenters. The molecule has 0 amide bonds. The van der Waals surface area contributed by atoms with Crippen molar-refractivity contribution in [3.63, 3.8) is 0 Å². The van der Waals surface area contributed by atoms with Crippen molar-refractivity contribution in [2.24, 2.45) is 4.99 Å². The predicted octanol–water partition coefficient (Wildman–Crippen LogP) is 3.95. The van der Waals surface area contributed by atoms with Gasteiger partial charge in [0.05, 0.1) is 28.5 Å². The minimum Gasteiger partial charge on any atom is -0.463 e. The van der Waals surface area contributed by atoms with Crippen LogP contribution in [-0.2, 0) is 9.53 Å². The lowest BCUT2D eigenvalue weighted by molar-refractivity contribution is -0.139. The Balaban J connectivity index is 1.85. The van der Waals surface area contributed by atoms with E-state index >= 15 is 0 Å². The molecule has 0 saturated heterocycles. The van der Waals surface area contributed by atoms with Crippen LogP contribution >= 0.6 is 11.3 Å². The molecule has 182 valence electrons. The third-order valence-electron chi connectivity index (χ3n) is 6.23. The zero-order chi connectivity index (χ0) is 25.1. The topological polar surface area (TPSA) is 63.9 Å². The molecule has 0 bridgehead atoms. The zero-order valence-electron chi connectivity index (χ0n) is 20.9. The molecule has 1 atom stereocenters. The van der Waals surface area contributed by atoms with Crippen molar-refractivity contribution in [2.45, 2.75) is 40.7 Å². The number of aryl methyl sites for hydroxylation is 1. The zero-order valence-corrected chi connectivity index (χ0v) is 21.7. The van der Waals surface area contributed by atoms with Crippen LogP contribution in [0.1, 0.15) is 50.4 Å². The van der Waals surface area contributed by atoms with Crippen molar-refractivity contribution in [1.29, 1.82) is 0 Å². The molecule has 0 aliphatic carbocycles. The smallest absolute Gasteiger partial charge is 0.338 e. The second-order valence-corrected chi connectivity index (χ2v) is 9.49. The molecule has 1 aromatic heterocycles. The lowest BCUT2D eigenvalue weighted by Crippen LogP contribution is -2.39. The molecule has 0 radical (unpaired) electrons. The number of ether oxygens (including phenoxy) is 1. The van der Waals surface area contributed by atoms with Crippen molar-refractivity contribution in [3.05, 3.63) is 96.2 Å². The summed E-state index contributed by atoms with van der Waals surface area (Å²) in [4.78, 5) is 34.1. The quantitative estimate of drug-likeness (QED) is 0.472. The van der Waals surface area contributed by atoms with Crippen LogP contribution in [0.2, 0.25) is 0 Å². The maximum atomic E-state index is 13.7. The number of esters is 1. The van der Waals surface area contributed by atoms with Gasteiger partial charge in [0, 0.05) is 18.8 Å². The number of carbonyl (C=O) groups excluding carboxylic acids is 1. The standard InChI is InChI=1S/C28H31N3O3S/c1-6-30(7-2)22-15-11-20(12-16-22)17-23-26(32)31-25(21-13-9-18(4)10-14-21)24(27(33)34-8-3)19(5)29-28(31)35-23/h9-17,25H,6-8H2,1-5H3/b23-17-. The Bertz CT molecular complexity index is 1430. The molecule has 0 saturated carbocycles. The van der Waals surface area contributed by atoms with E-state index in [-0.39, 0.29) is 12.2 Å². The van der Waals surface area contributed by atoms with E-state index in [2.05, 4.69) is 35.9 Å². The van der Waals surface area contributed by atoms with Crippen molar-refractivity contribution < 1.29 is 9.53 Å². The Kier molecular flexibility index (Phi) is 7.36. The maximum Gasteiger partial charge on any atom is 0.338 e. The average Bonchev–Trinajstić information content (AvgIpc) is 3.15. The van der Waals surface area contributed by atoms with Gasteiger partial charge in [-0.15, -0.1) is 0 Å². The van der Waals surface area contributed by atoms with Crippen molar-refractivity contribution in [1.82, 2.24) is 4.57 Å². The number of anilines is 1. The fourth-order valence-corrected chi connectivity index (χ4v) is 5.42. The number of hydrogen-bond donors (Lipinski definition) is 0. The first-order valence-corrected chi connectivity index (χ1v) is 12.8. The number of thiazole rings is 1. The van der Waals surface area contributed by atoms with Crippen LogP contribution in [0.5, 0.6) is 0 Å². The van der Waals surface area contributed by atoms with Gasteiger partial charge in [-0.05, 0) is 64.0 Å². The fourth-order valence-electron chi connectivity index (χ4n) is 4.38. The number of benzene rings is 2. The first kappa shape index (κ1) is 24.7. The number of rotatable bonds is 7. The SMILES string of the molecule is CCOC(=O)C1=C(C)N=c2s/c(=C\c3ccc(N(CC)CC)cc3)c(=O)n2C1c1ccc(C)cc1. The van der Waals surface area contributed by atoms with Gasteiger partial charge in [-0.2, -0.15) is 0 Å². The first-order valence-electron chi connectivity index (χ1n) is 12.0. The number of carbonyl (C=O) groups is 1. The van der Waals surface area contributed by atoms with Gasteiger partial charge in [-0.3, -0.25) is 9.36 Å². The monoisotopic (exact) mass is 489 g/mol. The average molecular weight is 490 g/mol. The molecule has 1 aliphatic heterocycles. The largest absolute Gasteiger partial charge is 0.463 e. The number of allylic oxidation sites excluding steroid dienone is 1. The first-order chi connectivity index (χ1) is 16.9. The van der Waals surface area contributed by atoms with Crippen molar-refractivity contribution >= 4 is 29.1 Å². The predicted molar refractivity (Wildman–Crippen MR) is 142 cm³/mol. The molecular weight excluding hydrogens is 458 g/mol. The summed E-state index contributed by atoms with van der Waals surface area (Å²) < 4.78 is 7.56. The van der Waals surface area contributed by atoms with Crippen LogP contribution in [0.15, 0.2) is 69.6 Å². The molecule has 35 heavy (non-hydrogen) atoms. The minimum atomic E-state index is -0.585. The third kappa shape index (κ3) is 4.86. The van der Waals surface area contributed by atoms with Crippen LogP contribution < -0.4 is 19.8 Å². The van der Waals surface area contributed by atoms with Crippen LogP contribution in [0, 0.1) is 6.92 Å². The molecule has 6 nitrogen and oxygen atoms in total. The lowest BCUT2D eigenvalue weighted by atomic mass is 9.95. The number of nitrogens with zero attached hydrogens (tertiary/aromatic N) is 3. The van der Waals surface area contributed by atoms with E-state index in [4.69, 9.17) is 4.74 Å². The normalized spacial score (nSPS) is 15.6. The number of fused-ring (bicyclic) bond motifs is 1. The van der Waals surface area contributed by atoms with E-state index in [0.717, 1.165) is 35.5 Å². The molecule has 3 aromatic rings. The van der Waals surface area contributed by atoms with E-state index in [9.17, 15) is 9.59 Å². The van der Waals surface area contributed by atoms with Gasteiger partial charge in [-0.1, -0.05) is 53.3 Å². The van der Waals surface area contributed by atoms with Gasteiger partial charge < -0.3 is 9.64 Å². The van der Waals surface area contributed by atoms with Crippen LogP contribution in [0.4, 0.5) is 5.69 Å². The molecule has 0 spiro atoms. The van der Waals surface area contributed by atoms with Gasteiger partial charge in [0.25, 0.3) is 5.56 Å². The van der Waals surface area contributed by atoms with E-state index in [1.54, 1.807) is 18.4 Å². The van der Waals surface area contributed by atoms with Crippen LogP contribution in [0.25, 0.3) is 6.08 Å². The summed E-state index contributed by atoms with van der Waals surface area (Å²) in [6.07, 6.45) is 1.89. The van der Waals surface area contributed by atoms with E-state index in [1.165, 1.54) is 11.3 Å². The maximum absolute atomic E-state index is 13.7. The van der Waals surface area contributed by atoms with Crippen LogP contribution in [0.3, 0.4) is 0 Å². The summed E-state index contributed by atoms with van der Waals surface area (Å²) in [5.74, 6) is -0.444. The number of aromatic nitrogens is 1. The highest BCUT2D eigenvalue weighted by Gasteiger charge is 2.33. The Morgan fingerprint density at radius 3 is 2.31 bits per heavy atom. The van der Waals surface area contributed by atoms with E-state index < -0.39 is 12.0 Å². The Labute approximate surface area is 209 Å². The summed E-state index contributed by atoms with van der Waals surface area (Å²) in [5, 5.41) is 0. The highest BCUT2D eigenvalue weighted by molar-refractivity contribution is 7.07. The van der Waals surface area contributed by atoms with E-state index in [1.807, 2.05) is 49.4 Å². The summed E-state index contributed by atoms with van der Waals surface area (Å²) in [5.41, 5.74) is 4.86. The van der Waals surface area contributed by atoms with Gasteiger partial charge in [0.2, 0.25) is 0 Å². The Hall–Kier alpha value is -3.45. The van der Waals surface area contributed by atoms with Crippen molar-refractivity contribution in [2.75, 3.05) is 24.6 Å². The van der Waals surface area contributed by atoms with Gasteiger partial charge in [0.15, 0.2) is 4.80 Å². The van der Waals surface area contributed by atoms with Gasteiger partial charge >= 0.3 is 5.97 Å². The summed E-state index contributed by atoms with van der Waals surface area (Å²) in [6.45, 7) is 12.0. The molecule has 0 N–H and O–H groups in total. The molecule has 4 rings (SSSR count). The van der Waals surface area contributed by atoms with Gasteiger partial charge in [-0.25, -0.2) is 9.79 Å². The summed E-state index contributed by atoms with van der Waals surface area (Å²) in [7, 11) is 0. The summed E-state index contributed by atoms with van der Waals surface area (Å²) in [6, 6.07) is 15.5. The molecule has 7 heteroatoms. The molecule has 2 aromatic carbocycles.